The van der Waals surface area contributed by atoms with E-state index in [1.165, 1.54) is 6.07 Å². The molecule has 0 saturated carbocycles. The van der Waals surface area contributed by atoms with Crippen molar-refractivity contribution in [3.8, 4) is 0 Å². The van der Waals surface area contributed by atoms with Crippen LogP contribution in [0.1, 0.15) is 28.2 Å². The van der Waals surface area contributed by atoms with Crippen LogP contribution in [-0.4, -0.2) is 20.0 Å². The number of aliphatic carboxylic acids is 1. The van der Waals surface area contributed by atoms with Crippen LogP contribution >= 0.6 is 69.6 Å². The Bertz CT molecular complexity index is 1280. The highest BCUT2D eigenvalue weighted by atomic mass is 35.6. The van der Waals surface area contributed by atoms with E-state index in [0.29, 0.717) is 10.0 Å². The molecule has 0 heterocycles. The molecule has 0 saturated heterocycles. The molecule has 3 nitrogen and oxygen atoms in total. The summed E-state index contributed by atoms with van der Waals surface area (Å²) >= 11 is 36.1. The number of halogens is 6. The molecule has 0 amide bonds. The lowest BCUT2D eigenvalue weighted by molar-refractivity contribution is -0.155. The molecular formula is C28H20Cl6O3. The maximum absolute atomic E-state index is 11.5. The van der Waals surface area contributed by atoms with Gasteiger partial charge in [-0.25, -0.2) is 4.79 Å². The van der Waals surface area contributed by atoms with E-state index in [9.17, 15) is 15.0 Å². The van der Waals surface area contributed by atoms with Gasteiger partial charge >= 0.3 is 5.97 Å². The van der Waals surface area contributed by atoms with Crippen LogP contribution in [0, 0.1) is 0 Å². The van der Waals surface area contributed by atoms with Gasteiger partial charge in [0.1, 0.15) is 0 Å². The number of hydrogen-bond donors (Lipinski definition) is 2. The Morgan fingerprint density at radius 3 is 1.49 bits per heavy atom. The Labute approximate surface area is 245 Å². The molecule has 0 radical (unpaired) electrons. The van der Waals surface area contributed by atoms with Gasteiger partial charge in [-0.05, 0) is 47.0 Å². The molecule has 1 unspecified atom stereocenters. The summed E-state index contributed by atoms with van der Waals surface area (Å²) in [4.78, 5) is 11.5. The molecule has 1 atom stereocenters. The van der Waals surface area contributed by atoms with Gasteiger partial charge in [-0.3, -0.25) is 0 Å². The molecule has 4 rings (SSSR count). The summed E-state index contributed by atoms with van der Waals surface area (Å²) in [6.45, 7) is 0. The third-order valence-electron chi connectivity index (χ3n) is 5.50. The van der Waals surface area contributed by atoms with Crippen molar-refractivity contribution in [2.75, 3.05) is 0 Å². The quantitative estimate of drug-likeness (QED) is 0.220. The van der Waals surface area contributed by atoms with E-state index < -0.39 is 15.4 Å². The summed E-state index contributed by atoms with van der Waals surface area (Å²) < 4.78 is -1.46. The van der Waals surface area contributed by atoms with Crippen molar-refractivity contribution in [1.82, 2.24) is 0 Å². The molecule has 9 heteroatoms. The highest BCUT2D eigenvalue weighted by Crippen LogP contribution is 2.46. The Morgan fingerprint density at radius 2 is 1.08 bits per heavy atom. The standard InChI is InChI=1S/C14H9Cl5.C14H11ClO3/c15-11-5-1-9(2-6-11)13(14(17,18)19)10-3-7-12(16)8-4-10;15-12-9-5-4-8-11(12)14(18,13(16)17)10-6-2-1-3-7-10/h1-8,13H;1-9,18H,(H,16,17). The highest BCUT2D eigenvalue weighted by Gasteiger charge is 2.41. The number of carbonyl (C=O) groups is 1. The van der Waals surface area contributed by atoms with Crippen LogP contribution in [0.25, 0.3) is 0 Å². The molecule has 37 heavy (non-hydrogen) atoms. The molecule has 0 aromatic heterocycles. The second kappa shape index (κ2) is 12.7. The van der Waals surface area contributed by atoms with Crippen LogP contribution in [0.4, 0.5) is 0 Å². The minimum Gasteiger partial charge on any atom is -0.479 e. The maximum Gasteiger partial charge on any atom is 0.345 e. The van der Waals surface area contributed by atoms with Gasteiger partial charge in [0.05, 0.1) is 5.92 Å². The molecule has 0 fully saturated rings. The molecule has 0 aliphatic heterocycles. The maximum atomic E-state index is 11.5. The molecule has 0 bridgehead atoms. The first kappa shape index (κ1) is 29.6. The third kappa shape index (κ3) is 7.34. The number of rotatable bonds is 5. The van der Waals surface area contributed by atoms with Crippen LogP contribution in [-0.2, 0) is 10.4 Å². The highest BCUT2D eigenvalue weighted by molar-refractivity contribution is 6.68. The second-order valence-corrected chi connectivity index (χ2v) is 11.6. The molecular weight excluding hydrogens is 597 g/mol. The van der Waals surface area contributed by atoms with Crippen molar-refractivity contribution < 1.29 is 15.0 Å². The summed E-state index contributed by atoms with van der Waals surface area (Å²) in [6, 6.07) is 29.1. The summed E-state index contributed by atoms with van der Waals surface area (Å²) in [6.07, 6.45) is 0. The Hall–Kier alpha value is -1.95. The first-order valence-electron chi connectivity index (χ1n) is 10.8. The van der Waals surface area contributed by atoms with E-state index in [-0.39, 0.29) is 22.1 Å². The fourth-order valence-electron chi connectivity index (χ4n) is 3.71. The van der Waals surface area contributed by atoms with Gasteiger partial charge in [-0.1, -0.05) is 142 Å². The summed E-state index contributed by atoms with van der Waals surface area (Å²) in [5.74, 6) is -1.74. The smallest absolute Gasteiger partial charge is 0.345 e. The third-order valence-corrected chi connectivity index (χ3v) is 6.99. The van der Waals surface area contributed by atoms with E-state index in [1.54, 1.807) is 72.8 Å². The number of hydrogen-bond acceptors (Lipinski definition) is 2. The van der Waals surface area contributed by atoms with Gasteiger partial charge in [0, 0.05) is 20.6 Å². The van der Waals surface area contributed by atoms with Gasteiger partial charge in [0.2, 0.25) is 9.39 Å². The minimum absolute atomic E-state index is 0.158. The number of aliphatic hydroxyl groups is 1. The van der Waals surface area contributed by atoms with Crippen molar-refractivity contribution in [2.24, 2.45) is 0 Å². The van der Waals surface area contributed by atoms with Gasteiger partial charge < -0.3 is 10.2 Å². The minimum atomic E-state index is -2.14. The van der Waals surface area contributed by atoms with Crippen molar-refractivity contribution in [3.63, 3.8) is 0 Å². The van der Waals surface area contributed by atoms with Crippen LogP contribution in [0.15, 0.2) is 103 Å². The summed E-state index contributed by atoms with van der Waals surface area (Å²) in [7, 11) is 0. The number of carboxylic acids is 1. The van der Waals surface area contributed by atoms with E-state index in [0.717, 1.165) is 11.1 Å². The van der Waals surface area contributed by atoms with Crippen molar-refractivity contribution in [3.05, 3.63) is 140 Å². The van der Waals surface area contributed by atoms with Gasteiger partial charge in [-0.15, -0.1) is 0 Å². The lowest BCUT2D eigenvalue weighted by Gasteiger charge is -2.25. The summed E-state index contributed by atoms with van der Waals surface area (Å²) in [5.41, 5.74) is 0.0500. The number of carboxylic acid groups (broad SMARTS) is 1. The van der Waals surface area contributed by atoms with Crippen molar-refractivity contribution >= 4 is 75.6 Å². The zero-order chi connectivity index (χ0) is 27.2. The second-order valence-electron chi connectivity index (χ2n) is 7.94. The average molecular weight is 617 g/mol. The largest absolute Gasteiger partial charge is 0.479 e. The van der Waals surface area contributed by atoms with E-state index in [2.05, 4.69) is 0 Å². The predicted octanol–water partition coefficient (Wildman–Crippen LogP) is 9.16. The zero-order valence-corrected chi connectivity index (χ0v) is 23.5. The van der Waals surface area contributed by atoms with E-state index >= 15 is 0 Å². The molecule has 0 aliphatic carbocycles. The van der Waals surface area contributed by atoms with Gasteiger partial charge in [-0.2, -0.15) is 0 Å². The SMILES string of the molecule is Clc1ccc(C(c2ccc(Cl)cc2)C(Cl)(Cl)Cl)cc1.O=C(O)C(O)(c1ccccc1)c1ccccc1Cl. The summed E-state index contributed by atoms with van der Waals surface area (Å²) in [5, 5.41) is 21.4. The van der Waals surface area contributed by atoms with Gasteiger partial charge in [0.15, 0.2) is 0 Å². The first-order valence-corrected chi connectivity index (χ1v) is 13.0. The van der Waals surface area contributed by atoms with Crippen LogP contribution in [0.3, 0.4) is 0 Å². The lowest BCUT2D eigenvalue weighted by Crippen LogP contribution is -2.37. The number of alkyl halides is 3. The molecule has 0 aliphatic rings. The lowest BCUT2D eigenvalue weighted by atomic mass is 9.86. The Morgan fingerprint density at radius 1 is 0.649 bits per heavy atom. The van der Waals surface area contributed by atoms with E-state index in [4.69, 9.17) is 69.6 Å². The fourth-order valence-corrected chi connectivity index (χ4v) is 4.99. The van der Waals surface area contributed by atoms with Crippen LogP contribution < -0.4 is 0 Å². The average Bonchev–Trinajstić information content (AvgIpc) is 2.86. The molecule has 0 spiro atoms. The first-order chi connectivity index (χ1) is 17.4. The molecule has 4 aromatic rings. The monoisotopic (exact) mass is 614 g/mol. The number of benzene rings is 4. The van der Waals surface area contributed by atoms with Gasteiger partial charge in [0.25, 0.3) is 0 Å². The van der Waals surface area contributed by atoms with Crippen molar-refractivity contribution in [1.29, 1.82) is 0 Å². The van der Waals surface area contributed by atoms with Crippen molar-refractivity contribution in [2.45, 2.75) is 15.3 Å². The van der Waals surface area contributed by atoms with Crippen LogP contribution in [0.2, 0.25) is 15.1 Å². The van der Waals surface area contributed by atoms with Crippen LogP contribution in [0.5, 0.6) is 0 Å². The molecule has 4 aromatic carbocycles. The predicted molar refractivity (Wildman–Crippen MR) is 154 cm³/mol. The zero-order valence-electron chi connectivity index (χ0n) is 19.0. The molecule has 192 valence electrons. The normalized spacial score (nSPS) is 12.9. The topological polar surface area (TPSA) is 57.5 Å². The molecule has 2 N–H and O–H groups in total. The Balaban J connectivity index is 0.000000206. The fraction of sp³-hybridized carbons (Fsp3) is 0.107. The van der Waals surface area contributed by atoms with E-state index in [1.807, 2.05) is 24.3 Å². The Kier molecular flexibility index (Phi) is 10.2.